The van der Waals surface area contributed by atoms with Crippen LogP contribution in [0.1, 0.15) is 0 Å². The molecule has 0 bridgehead atoms. The molecule has 1 nitrogen and oxygen atoms in total. The van der Waals surface area contributed by atoms with Crippen molar-refractivity contribution in [2.24, 2.45) is 0 Å². The minimum Gasteiger partial charge on any atom is -0.350 e. The highest BCUT2D eigenvalue weighted by atomic mass is 35.5. The molecule has 1 N–H and O–H groups in total. The Morgan fingerprint density at radius 3 is 2.91 bits per heavy atom. The molecular formula is C7H5ClFNS. The molecule has 11 heavy (non-hydrogen) atoms. The molecule has 0 aromatic heterocycles. The number of nitrogens with one attached hydrogen (secondary N) is 1. The first kappa shape index (κ1) is 8.43. The fraction of sp³-hybridized carbons (Fsp3) is 0. The van der Waals surface area contributed by atoms with Crippen LogP contribution in [0.2, 0.25) is 5.02 Å². The van der Waals surface area contributed by atoms with Gasteiger partial charge in [-0.25, -0.2) is 4.39 Å². The molecule has 0 fully saturated rings. The summed E-state index contributed by atoms with van der Waals surface area (Å²) in [5, 5.41) is 3.02. The van der Waals surface area contributed by atoms with Crippen molar-refractivity contribution in [3.05, 3.63) is 29.0 Å². The van der Waals surface area contributed by atoms with E-state index in [0.717, 1.165) is 0 Å². The van der Waals surface area contributed by atoms with Crippen LogP contribution in [-0.2, 0) is 0 Å². The largest absolute Gasteiger partial charge is 0.350 e. The quantitative estimate of drug-likeness (QED) is 0.719. The van der Waals surface area contributed by atoms with Gasteiger partial charge in [-0.2, -0.15) is 0 Å². The van der Waals surface area contributed by atoms with Crippen molar-refractivity contribution in [3.8, 4) is 0 Å². The lowest BCUT2D eigenvalue weighted by Crippen LogP contribution is -1.94. The van der Waals surface area contributed by atoms with Gasteiger partial charge in [-0.1, -0.05) is 23.8 Å². The van der Waals surface area contributed by atoms with Crippen molar-refractivity contribution in [2.75, 3.05) is 5.32 Å². The van der Waals surface area contributed by atoms with Crippen molar-refractivity contribution in [1.82, 2.24) is 0 Å². The lowest BCUT2D eigenvalue weighted by molar-refractivity contribution is 0.632. The SMILES string of the molecule is Fc1ccc(Cl)cc1NC=S. The molecule has 0 amide bonds. The Kier molecular flexibility index (Phi) is 2.79. The van der Waals surface area contributed by atoms with Gasteiger partial charge in [-0.15, -0.1) is 0 Å². The molecule has 0 saturated carbocycles. The Morgan fingerprint density at radius 1 is 1.55 bits per heavy atom. The maximum Gasteiger partial charge on any atom is 0.146 e. The molecule has 1 rings (SSSR count). The second-order valence-electron chi connectivity index (χ2n) is 1.89. The number of thiocarbonyl (C=S) groups is 1. The molecule has 0 saturated heterocycles. The average Bonchev–Trinajstić information content (AvgIpc) is 1.98. The van der Waals surface area contributed by atoms with Crippen LogP contribution in [0, 0.1) is 5.82 Å². The lowest BCUT2D eigenvalue weighted by atomic mass is 10.3. The van der Waals surface area contributed by atoms with Crippen LogP contribution in [-0.4, -0.2) is 5.49 Å². The second-order valence-corrected chi connectivity index (χ2v) is 2.56. The van der Waals surface area contributed by atoms with Crippen molar-refractivity contribution < 1.29 is 4.39 Å². The molecule has 58 valence electrons. The van der Waals surface area contributed by atoms with Crippen molar-refractivity contribution in [1.29, 1.82) is 0 Å². The summed E-state index contributed by atoms with van der Waals surface area (Å²) in [5.41, 5.74) is 1.53. The van der Waals surface area contributed by atoms with Crippen LogP contribution in [0.15, 0.2) is 18.2 Å². The van der Waals surface area contributed by atoms with E-state index in [4.69, 9.17) is 11.6 Å². The molecule has 0 radical (unpaired) electrons. The monoisotopic (exact) mass is 189 g/mol. The maximum atomic E-state index is 12.8. The summed E-state index contributed by atoms with van der Waals surface area (Å²) < 4.78 is 12.8. The minimum absolute atomic E-state index is 0.299. The van der Waals surface area contributed by atoms with Gasteiger partial charge in [0.05, 0.1) is 11.2 Å². The van der Waals surface area contributed by atoms with E-state index >= 15 is 0 Å². The summed E-state index contributed by atoms with van der Waals surface area (Å²) in [6.45, 7) is 0. The third-order valence-electron chi connectivity index (χ3n) is 1.14. The summed E-state index contributed by atoms with van der Waals surface area (Å²) in [4.78, 5) is 0. The molecule has 0 unspecified atom stereocenters. The number of hydrogen-bond donors (Lipinski definition) is 1. The summed E-state index contributed by atoms with van der Waals surface area (Å²) in [6.07, 6.45) is 0. The third-order valence-corrected chi connectivity index (χ3v) is 1.50. The molecule has 0 aliphatic heterocycles. The van der Waals surface area contributed by atoms with E-state index in [0.29, 0.717) is 10.7 Å². The van der Waals surface area contributed by atoms with Crippen LogP contribution < -0.4 is 5.32 Å². The molecular weight excluding hydrogens is 185 g/mol. The zero-order chi connectivity index (χ0) is 8.27. The zero-order valence-corrected chi connectivity index (χ0v) is 7.05. The second kappa shape index (κ2) is 3.64. The molecule has 0 aliphatic carbocycles. The van der Waals surface area contributed by atoms with Gasteiger partial charge in [0.15, 0.2) is 0 Å². The van der Waals surface area contributed by atoms with Crippen LogP contribution in [0.5, 0.6) is 0 Å². The maximum absolute atomic E-state index is 12.8. The Balaban J connectivity index is 3.01. The van der Waals surface area contributed by atoms with Gasteiger partial charge in [0, 0.05) is 5.02 Å². The Morgan fingerprint density at radius 2 is 2.27 bits per heavy atom. The van der Waals surface area contributed by atoms with Crippen LogP contribution >= 0.6 is 23.8 Å². The topological polar surface area (TPSA) is 12.0 Å². The number of halogens is 2. The Bertz CT molecular complexity index is 277. The zero-order valence-electron chi connectivity index (χ0n) is 5.47. The van der Waals surface area contributed by atoms with Gasteiger partial charge in [0.1, 0.15) is 5.82 Å². The van der Waals surface area contributed by atoms with E-state index in [1.165, 1.54) is 23.7 Å². The Hall–Kier alpha value is -0.670. The molecule has 0 heterocycles. The smallest absolute Gasteiger partial charge is 0.146 e. The van der Waals surface area contributed by atoms with E-state index in [1.54, 1.807) is 0 Å². The summed E-state index contributed by atoms with van der Waals surface area (Å²) in [6, 6.07) is 4.23. The van der Waals surface area contributed by atoms with Gasteiger partial charge >= 0.3 is 0 Å². The normalized spacial score (nSPS) is 9.27. The van der Waals surface area contributed by atoms with E-state index in [2.05, 4.69) is 17.5 Å². The predicted molar refractivity (Wildman–Crippen MR) is 48.7 cm³/mol. The summed E-state index contributed by atoms with van der Waals surface area (Å²) >= 11 is 10.1. The van der Waals surface area contributed by atoms with Crippen LogP contribution in [0.3, 0.4) is 0 Å². The number of benzene rings is 1. The lowest BCUT2D eigenvalue weighted by Gasteiger charge is -2.00. The van der Waals surface area contributed by atoms with Crippen LogP contribution in [0.4, 0.5) is 10.1 Å². The van der Waals surface area contributed by atoms with Gasteiger partial charge in [0.2, 0.25) is 0 Å². The van der Waals surface area contributed by atoms with Gasteiger partial charge in [-0.3, -0.25) is 0 Å². The third kappa shape index (κ3) is 2.13. The van der Waals surface area contributed by atoms with Crippen molar-refractivity contribution in [2.45, 2.75) is 0 Å². The van der Waals surface area contributed by atoms with E-state index < -0.39 is 0 Å². The average molecular weight is 190 g/mol. The first-order chi connectivity index (χ1) is 5.24. The summed E-state index contributed by atoms with van der Waals surface area (Å²) in [5.74, 6) is -0.365. The van der Waals surface area contributed by atoms with E-state index in [9.17, 15) is 4.39 Å². The first-order valence-electron chi connectivity index (χ1n) is 2.89. The molecule has 0 atom stereocenters. The van der Waals surface area contributed by atoms with Crippen LogP contribution in [0.25, 0.3) is 0 Å². The predicted octanol–water partition coefficient (Wildman–Crippen LogP) is 2.85. The van der Waals surface area contributed by atoms with Crippen molar-refractivity contribution >= 4 is 35.0 Å². The van der Waals surface area contributed by atoms with Crippen molar-refractivity contribution in [3.63, 3.8) is 0 Å². The highest BCUT2D eigenvalue weighted by Crippen LogP contribution is 2.18. The van der Waals surface area contributed by atoms with Gasteiger partial charge < -0.3 is 5.32 Å². The van der Waals surface area contributed by atoms with E-state index in [1.807, 2.05) is 0 Å². The molecule has 1 aromatic carbocycles. The molecule has 1 aromatic rings. The highest BCUT2D eigenvalue weighted by molar-refractivity contribution is 7.79. The first-order valence-corrected chi connectivity index (χ1v) is 3.74. The van der Waals surface area contributed by atoms with Gasteiger partial charge in [0.25, 0.3) is 0 Å². The minimum atomic E-state index is -0.365. The Labute approximate surface area is 74.2 Å². The number of rotatable bonds is 2. The standard InChI is InChI=1S/C7H5ClFNS/c8-5-1-2-6(9)7(3-5)10-4-11/h1-4H,(H,10,11). The highest BCUT2D eigenvalue weighted by Gasteiger charge is 1.99. The van der Waals surface area contributed by atoms with Gasteiger partial charge in [-0.05, 0) is 18.2 Å². The fourth-order valence-electron chi connectivity index (χ4n) is 0.672. The fourth-order valence-corrected chi connectivity index (χ4v) is 0.971. The summed E-state index contributed by atoms with van der Waals surface area (Å²) in [7, 11) is 0. The molecule has 0 aliphatic rings. The number of anilines is 1. The molecule has 0 spiro atoms. The number of hydrogen-bond acceptors (Lipinski definition) is 1. The van der Waals surface area contributed by atoms with E-state index in [-0.39, 0.29) is 5.82 Å². The molecule has 4 heteroatoms.